The number of piperidine rings is 1. The van der Waals surface area contributed by atoms with Crippen LogP contribution < -0.4 is 5.32 Å². The number of sulfonamides is 1. The number of ether oxygens (including phenoxy) is 1. The molecule has 1 saturated heterocycles. The number of benzene rings is 1. The predicted octanol–water partition coefficient (Wildman–Crippen LogP) is 2.94. The molecule has 6 nitrogen and oxygen atoms in total. The number of amides is 1. The molecule has 1 amide bonds. The van der Waals surface area contributed by atoms with Gasteiger partial charge in [0.1, 0.15) is 0 Å². The normalized spacial score (nSPS) is 22.1. The minimum Gasteiger partial charge on any atom is -0.378 e. The molecule has 2 fully saturated rings. The first-order valence-corrected chi connectivity index (χ1v) is 12.0. The van der Waals surface area contributed by atoms with Gasteiger partial charge in [0, 0.05) is 26.2 Å². The first kappa shape index (κ1) is 21.3. The minimum atomic E-state index is -3.54. The minimum absolute atomic E-state index is 0.0503. The maximum absolute atomic E-state index is 12.8. The maximum atomic E-state index is 12.8. The summed E-state index contributed by atoms with van der Waals surface area (Å²) < 4.78 is 32.9. The van der Waals surface area contributed by atoms with Crippen LogP contribution in [0.5, 0.6) is 0 Å². The van der Waals surface area contributed by atoms with E-state index in [9.17, 15) is 13.2 Å². The van der Waals surface area contributed by atoms with Crippen molar-refractivity contribution >= 4 is 15.9 Å². The fourth-order valence-corrected chi connectivity index (χ4v) is 5.57. The van der Waals surface area contributed by atoms with Gasteiger partial charge >= 0.3 is 0 Å². The number of carbonyl (C=O) groups excluding carboxylic acids is 1. The molecule has 0 aromatic heterocycles. The van der Waals surface area contributed by atoms with Gasteiger partial charge in [-0.1, -0.05) is 37.5 Å². The summed E-state index contributed by atoms with van der Waals surface area (Å²) in [6.45, 7) is 1.97. The summed E-state index contributed by atoms with van der Waals surface area (Å²) >= 11 is 0. The highest BCUT2D eigenvalue weighted by atomic mass is 32.2. The molecule has 3 rings (SSSR count). The SMILES string of the molecule is O=C(NCCCOC1CCCCC1)C1CCCN(S(=O)(=O)c2ccccc2)C1. The molecule has 1 heterocycles. The molecule has 1 atom stereocenters. The van der Waals surface area contributed by atoms with E-state index in [-0.39, 0.29) is 23.3 Å². The van der Waals surface area contributed by atoms with Crippen LogP contribution in [0.1, 0.15) is 51.4 Å². The fraction of sp³-hybridized carbons (Fsp3) is 0.667. The van der Waals surface area contributed by atoms with Crippen molar-refractivity contribution in [2.24, 2.45) is 5.92 Å². The number of nitrogens with one attached hydrogen (secondary N) is 1. The van der Waals surface area contributed by atoms with Crippen LogP contribution in [-0.2, 0) is 19.6 Å². The molecular weight excluding hydrogens is 376 g/mol. The highest BCUT2D eigenvalue weighted by Crippen LogP contribution is 2.24. The molecule has 0 spiro atoms. The highest BCUT2D eigenvalue weighted by molar-refractivity contribution is 7.89. The van der Waals surface area contributed by atoms with Crippen LogP contribution in [0.3, 0.4) is 0 Å². The number of hydrogen-bond acceptors (Lipinski definition) is 4. The van der Waals surface area contributed by atoms with E-state index in [1.165, 1.54) is 23.6 Å². The number of hydrogen-bond donors (Lipinski definition) is 1. The van der Waals surface area contributed by atoms with Crippen LogP contribution in [-0.4, -0.2) is 51.0 Å². The molecule has 156 valence electrons. The Kier molecular flexibility index (Phi) is 7.88. The van der Waals surface area contributed by atoms with Crippen molar-refractivity contribution < 1.29 is 17.9 Å². The molecule has 1 aromatic carbocycles. The molecule has 0 bridgehead atoms. The molecule has 1 aliphatic heterocycles. The highest BCUT2D eigenvalue weighted by Gasteiger charge is 2.33. The summed E-state index contributed by atoms with van der Waals surface area (Å²) in [4.78, 5) is 12.8. The summed E-state index contributed by atoms with van der Waals surface area (Å²) in [5.74, 6) is -0.336. The average molecular weight is 409 g/mol. The smallest absolute Gasteiger partial charge is 0.243 e. The molecular formula is C21H32N2O4S. The largest absolute Gasteiger partial charge is 0.378 e. The predicted molar refractivity (Wildman–Crippen MR) is 108 cm³/mol. The van der Waals surface area contributed by atoms with Gasteiger partial charge in [-0.05, 0) is 44.2 Å². The van der Waals surface area contributed by atoms with E-state index >= 15 is 0 Å². The van der Waals surface area contributed by atoms with Crippen LogP contribution in [0.4, 0.5) is 0 Å². The molecule has 0 radical (unpaired) electrons. The van der Waals surface area contributed by atoms with Gasteiger partial charge in [0.15, 0.2) is 0 Å². The van der Waals surface area contributed by atoms with Crippen molar-refractivity contribution in [1.82, 2.24) is 9.62 Å². The Bertz CT molecular complexity index is 717. The van der Waals surface area contributed by atoms with Crippen LogP contribution in [0, 0.1) is 5.92 Å². The molecule has 7 heteroatoms. The lowest BCUT2D eigenvalue weighted by atomic mass is 9.98. The van der Waals surface area contributed by atoms with Crippen molar-refractivity contribution in [2.45, 2.75) is 62.4 Å². The first-order chi connectivity index (χ1) is 13.6. The Morgan fingerprint density at radius 2 is 1.82 bits per heavy atom. The average Bonchev–Trinajstić information content (AvgIpc) is 2.75. The van der Waals surface area contributed by atoms with Gasteiger partial charge in [-0.3, -0.25) is 4.79 Å². The lowest BCUT2D eigenvalue weighted by Crippen LogP contribution is -2.45. The molecule has 2 aliphatic rings. The summed E-state index contributed by atoms with van der Waals surface area (Å²) in [5, 5.41) is 2.96. The van der Waals surface area contributed by atoms with Crippen molar-refractivity contribution in [3.05, 3.63) is 30.3 Å². The molecule has 1 saturated carbocycles. The van der Waals surface area contributed by atoms with Crippen LogP contribution >= 0.6 is 0 Å². The molecule has 1 aromatic rings. The molecule has 1 unspecified atom stereocenters. The molecule has 1 N–H and O–H groups in total. The zero-order chi connectivity index (χ0) is 19.8. The zero-order valence-electron chi connectivity index (χ0n) is 16.5. The van der Waals surface area contributed by atoms with Gasteiger partial charge in [0.2, 0.25) is 15.9 Å². The van der Waals surface area contributed by atoms with Gasteiger partial charge in [0.05, 0.1) is 16.9 Å². The zero-order valence-corrected chi connectivity index (χ0v) is 17.3. The maximum Gasteiger partial charge on any atom is 0.243 e. The lowest BCUT2D eigenvalue weighted by Gasteiger charge is -2.31. The fourth-order valence-electron chi connectivity index (χ4n) is 4.03. The number of rotatable bonds is 8. The van der Waals surface area contributed by atoms with Crippen LogP contribution in [0.25, 0.3) is 0 Å². The second kappa shape index (κ2) is 10.4. The Labute approximate surface area is 168 Å². The molecule has 1 aliphatic carbocycles. The van der Waals surface area contributed by atoms with E-state index in [1.54, 1.807) is 30.3 Å². The second-order valence-electron chi connectivity index (χ2n) is 7.79. The monoisotopic (exact) mass is 408 g/mol. The van der Waals surface area contributed by atoms with E-state index in [0.29, 0.717) is 32.2 Å². The van der Waals surface area contributed by atoms with Crippen molar-refractivity contribution in [2.75, 3.05) is 26.2 Å². The van der Waals surface area contributed by atoms with Crippen molar-refractivity contribution in [3.8, 4) is 0 Å². The van der Waals surface area contributed by atoms with Gasteiger partial charge in [-0.15, -0.1) is 0 Å². The Balaban J connectivity index is 1.41. The van der Waals surface area contributed by atoms with Crippen LogP contribution in [0.2, 0.25) is 0 Å². The first-order valence-electron chi connectivity index (χ1n) is 10.5. The quantitative estimate of drug-likeness (QED) is 0.671. The summed E-state index contributed by atoms with van der Waals surface area (Å²) in [6, 6.07) is 8.44. The Hall–Kier alpha value is -1.44. The van der Waals surface area contributed by atoms with E-state index in [2.05, 4.69) is 5.32 Å². The number of nitrogens with zero attached hydrogens (tertiary/aromatic N) is 1. The third kappa shape index (κ3) is 5.78. The van der Waals surface area contributed by atoms with Gasteiger partial charge in [0.25, 0.3) is 0 Å². The summed E-state index contributed by atoms with van der Waals surface area (Å²) in [6.07, 6.45) is 8.74. The van der Waals surface area contributed by atoms with E-state index in [0.717, 1.165) is 25.7 Å². The Morgan fingerprint density at radius 3 is 2.57 bits per heavy atom. The van der Waals surface area contributed by atoms with E-state index in [4.69, 9.17) is 4.74 Å². The van der Waals surface area contributed by atoms with Gasteiger partial charge in [-0.2, -0.15) is 4.31 Å². The second-order valence-corrected chi connectivity index (χ2v) is 9.73. The van der Waals surface area contributed by atoms with E-state index < -0.39 is 10.0 Å². The topological polar surface area (TPSA) is 75.7 Å². The van der Waals surface area contributed by atoms with Crippen LogP contribution in [0.15, 0.2) is 35.2 Å². The Morgan fingerprint density at radius 1 is 1.07 bits per heavy atom. The summed E-state index contributed by atoms with van der Waals surface area (Å²) in [7, 11) is -3.54. The third-order valence-corrected chi connectivity index (χ3v) is 7.54. The summed E-state index contributed by atoms with van der Waals surface area (Å²) in [5.41, 5.74) is 0. The van der Waals surface area contributed by atoms with E-state index in [1.807, 2.05) is 0 Å². The standard InChI is InChI=1S/C21H32N2O4S/c24-21(22-14-8-16-27-19-10-3-1-4-11-19)18-9-7-15-23(17-18)28(25,26)20-12-5-2-6-13-20/h2,5-6,12-13,18-19H,1,3-4,7-11,14-17H2,(H,22,24). The third-order valence-electron chi connectivity index (χ3n) is 5.66. The van der Waals surface area contributed by atoms with Crippen molar-refractivity contribution in [1.29, 1.82) is 0 Å². The van der Waals surface area contributed by atoms with Crippen molar-refractivity contribution in [3.63, 3.8) is 0 Å². The van der Waals surface area contributed by atoms with Gasteiger partial charge < -0.3 is 10.1 Å². The number of carbonyl (C=O) groups is 1. The molecule has 28 heavy (non-hydrogen) atoms. The lowest BCUT2D eigenvalue weighted by molar-refractivity contribution is -0.126. The van der Waals surface area contributed by atoms with Gasteiger partial charge in [-0.25, -0.2) is 8.42 Å².